The van der Waals surface area contributed by atoms with Gasteiger partial charge in [-0.05, 0) is 55.0 Å². The Morgan fingerprint density at radius 1 is 0.816 bits per heavy atom. The smallest absolute Gasteiger partial charge is 0.219 e. The maximum atomic E-state index is 12.6. The molecule has 1 N–H and O–H groups in total. The Morgan fingerprint density at radius 3 is 1.95 bits per heavy atom. The number of carbonyl (C=O) groups excluding carboxylic acids is 1. The van der Waals surface area contributed by atoms with Crippen LogP contribution in [-0.2, 0) is 17.9 Å². The molecule has 2 bridgehead atoms. The van der Waals surface area contributed by atoms with E-state index in [1.807, 2.05) is 0 Å². The van der Waals surface area contributed by atoms with E-state index in [9.17, 15) is 4.79 Å². The van der Waals surface area contributed by atoms with E-state index in [0.29, 0.717) is 11.8 Å². The number of fused-ring (bicyclic) bond motifs is 2. The van der Waals surface area contributed by atoms with E-state index in [1.54, 1.807) is 6.92 Å². The summed E-state index contributed by atoms with van der Waals surface area (Å²) in [5, 5.41) is 3.85. The van der Waals surface area contributed by atoms with Crippen molar-refractivity contribution in [3.05, 3.63) is 95.7 Å². The molecule has 4 rings (SSSR count). The first-order valence-electron chi connectivity index (χ1n) is 14.4. The van der Waals surface area contributed by atoms with Crippen molar-refractivity contribution < 1.29 is 4.79 Å². The van der Waals surface area contributed by atoms with Gasteiger partial charge in [-0.25, -0.2) is 0 Å². The molecule has 2 heterocycles. The Labute approximate surface area is 230 Å². The molecule has 0 aromatic heterocycles. The molecule has 2 aromatic rings. The summed E-state index contributed by atoms with van der Waals surface area (Å²) in [7, 11) is 0. The van der Waals surface area contributed by atoms with Gasteiger partial charge in [0.1, 0.15) is 0 Å². The molecular weight excluding hydrogens is 468 g/mol. The number of carbonyl (C=O) groups is 1. The van der Waals surface area contributed by atoms with Gasteiger partial charge in [-0.2, -0.15) is 0 Å². The van der Waals surface area contributed by atoms with Crippen LogP contribution in [0.15, 0.2) is 84.6 Å². The van der Waals surface area contributed by atoms with E-state index in [0.717, 1.165) is 65.2 Å². The summed E-state index contributed by atoms with van der Waals surface area (Å²) < 4.78 is 0. The molecule has 204 valence electrons. The number of hydrogen-bond acceptors (Lipinski definition) is 4. The quantitative estimate of drug-likeness (QED) is 0.600. The van der Waals surface area contributed by atoms with Gasteiger partial charge in [0.25, 0.3) is 0 Å². The second kappa shape index (κ2) is 14.3. The molecule has 3 unspecified atom stereocenters. The third-order valence-corrected chi connectivity index (χ3v) is 7.74. The third kappa shape index (κ3) is 9.14. The summed E-state index contributed by atoms with van der Waals surface area (Å²) in [6.07, 6.45) is 8.92. The maximum absolute atomic E-state index is 12.6. The fourth-order valence-electron chi connectivity index (χ4n) is 5.57. The first kappa shape index (κ1) is 28.1. The number of nitrogens with zero attached hydrogens (tertiary/aromatic N) is 3. The highest BCUT2D eigenvalue weighted by Gasteiger charge is 2.21. The molecule has 1 fully saturated rings. The standard InChI is InChI=1S/C33H46N4O/c1-27-17-19-35(23-30-11-6-4-7-12-30)25-32-15-10-16-33(34-32)26-36(24-31-13-8-5-9-14-31)20-18-28(2)22-37(21-27)29(3)38/h4-16,27-28,32,34H,17-26H2,1-3H3. The van der Waals surface area contributed by atoms with Crippen molar-refractivity contribution in [2.45, 2.75) is 52.7 Å². The van der Waals surface area contributed by atoms with Crippen LogP contribution >= 0.6 is 0 Å². The van der Waals surface area contributed by atoms with Crippen LogP contribution in [0.3, 0.4) is 0 Å². The Kier molecular flexibility index (Phi) is 10.6. The summed E-state index contributed by atoms with van der Waals surface area (Å²) in [6, 6.07) is 21.8. The van der Waals surface area contributed by atoms with E-state index in [1.165, 1.54) is 16.8 Å². The summed E-state index contributed by atoms with van der Waals surface area (Å²) in [6.45, 7) is 13.7. The number of amides is 1. The van der Waals surface area contributed by atoms with E-state index in [4.69, 9.17) is 0 Å². The molecule has 2 aromatic carbocycles. The SMILES string of the molecule is CC(=O)N1CC(C)CCN(Cc2ccccc2)CC2=CC=CC(CN(Cc3ccccc3)CCC(C)C1)N2. The molecule has 1 saturated heterocycles. The first-order chi connectivity index (χ1) is 18.4. The predicted molar refractivity (Wildman–Crippen MR) is 157 cm³/mol. The Hall–Kier alpha value is -2.89. The number of nitrogens with one attached hydrogen (secondary N) is 1. The van der Waals surface area contributed by atoms with Gasteiger partial charge >= 0.3 is 0 Å². The summed E-state index contributed by atoms with van der Waals surface area (Å²) in [5.41, 5.74) is 3.97. The van der Waals surface area contributed by atoms with Crippen LogP contribution in [0.5, 0.6) is 0 Å². The van der Waals surface area contributed by atoms with Gasteiger partial charge in [-0.1, -0.05) is 86.7 Å². The molecule has 2 aliphatic heterocycles. The van der Waals surface area contributed by atoms with Crippen molar-refractivity contribution in [3.63, 3.8) is 0 Å². The van der Waals surface area contributed by atoms with Gasteiger partial charge in [-0.15, -0.1) is 0 Å². The fraction of sp³-hybridized carbons (Fsp3) is 0.485. The number of dihydropyridines is 1. The number of hydrogen-bond donors (Lipinski definition) is 1. The molecule has 0 saturated carbocycles. The minimum absolute atomic E-state index is 0.195. The molecule has 5 heteroatoms. The second-order valence-electron chi connectivity index (χ2n) is 11.5. The van der Waals surface area contributed by atoms with Gasteiger partial charge in [-0.3, -0.25) is 14.6 Å². The van der Waals surface area contributed by atoms with Crippen molar-refractivity contribution in [3.8, 4) is 0 Å². The Morgan fingerprint density at radius 2 is 1.37 bits per heavy atom. The number of benzene rings is 2. The highest BCUT2D eigenvalue weighted by Crippen LogP contribution is 2.17. The van der Waals surface area contributed by atoms with Gasteiger partial charge in [0.05, 0.1) is 6.04 Å². The zero-order chi connectivity index (χ0) is 26.7. The minimum Gasteiger partial charge on any atom is -0.380 e. The topological polar surface area (TPSA) is 38.8 Å². The average molecular weight is 515 g/mol. The van der Waals surface area contributed by atoms with E-state index >= 15 is 0 Å². The van der Waals surface area contributed by atoms with Crippen LogP contribution in [0.1, 0.15) is 44.7 Å². The Balaban J connectivity index is 1.53. The fourth-order valence-corrected chi connectivity index (χ4v) is 5.57. The van der Waals surface area contributed by atoms with Crippen molar-refractivity contribution >= 4 is 5.91 Å². The summed E-state index contributed by atoms with van der Waals surface area (Å²) in [4.78, 5) is 19.8. The van der Waals surface area contributed by atoms with Crippen molar-refractivity contribution in [1.82, 2.24) is 20.0 Å². The van der Waals surface area contributed by atoms with Crippen LogP contribution < -0.4 is 5.32 Å². The van der Waals surface area contributed by atoms with Gasteiger partial charge < -0.3 is 10.2 Å². The molecule has 2 aliphatic rings. The van der Waals surface area contributed by atoms with Crippen molar-refractivity contribution in [2.75, 3.05) is 39.3 Å². The monoisotopic (exact) mass is 514 g/mol. The lowest BCUT2D eigenvalue weighted by Gasteiger charge is -2.34. The lowest BCUT2D eigenvalue weighted by molar-refractivity contribution is -0.130. The molecule has 0 spiro atoms. The largest absolute Gasteiger partial charge is 0.380 e. The van der Waals surface area contributed by atoms with Gasteiger partial charge in [0.15, 0.2) is 0 Å². The highest BCUT2D eigenvalue weighted by atomic mass is 16.2. The molecular formula is C33H46N4O. The van der Waals surface area contributed by atoms with Crippen LogP contribution in [0.4, 0.5) is 0 Å². The lowest BCUT2D eigenvalue weighted by Crippen LogP contribution is -2.44. The number of rotatable bonds is 4. The first-order valence-corrected chi connectivity index (χ1v) is 14.4. The van der Waals surface area contributed by atoms with Crippen LogP contribution in [0.25, 0.3) is 0 Å². The third-order valence-electron chi connectivity index (χ3n) is 7.74. The van der Waals surface area contributed by atoms with Crippen molar-refractivity contribution in [1.29, 1.82) is 0 Å². The molecule has 5 nitrogen and oxygen atoms in total. The molecule has 0 aliphatic carbocycles. The van der Waals surface area contributed by atoms with E-state index in [-0.39, 0.29) is 11.9 Å². The van der Waals surface area contributed by atoms with Crippen LogP contribution in [0, 0.1) is 11.8 Å². The predicted octanol–water partition coefficient (Wildman–Crippen LogP) is 5.32. The molecule has 1 amide bonds. The van der Waals surface area contributed by atoms with E-state index < -0.39 is 0 Å². The zero-order valence-corrected chi connectivity index (χ0v) is 23.6. The van der Waals surface area contributed by atoms with Gasteiger partial charge in [0, 0.05) is 51.9 Å². The lowest BCUT2D eigenvalue weighted by atomic mass is 10.0. The second-order valence-corrected chi connectivity index (χ2v) is 11.5. The zero-order valence-electron chi connectivity index (χ0n) is 23.6. The molecule has 3 atom stereocenters. The van der Waals surface area contributed by atoms with Gasteiger partial charge in [0.2, 0.25) is 5.91 Å². The van der Waals surface area contributed by atoms with Crippen LogP contribution in [0.2, 0.25) is 0 Å². The Bertz CT molecular complexity index is 1050. The van der Waals surface area contributed by atoms with Crippen molar-refractivity contribution in [2.24, 2.45) is 11.8 Å². The van der Waals surface area contributed by atoms with E-state index in [2.05, 4.69) is 113 Å². The number of allylic oxidation sites excluding steroid dienone is 2. The summed E-state index contributed by atoms with van der Waals surface area (Å²) in [5.74, 6) is 1.10. The minimum atomic E-state index is 0.195. The molecule has 38 heavy (non-hydrogen) atoms. The maximum Gasteiger partial charge on any atom is 0.219 e. The highest BCUT2D eigenvalue weighted by molar-refractivity contribution is 5.73. The average Bonchev–Trinajstić information content (AvgIpc) is 2.91. The normalized spacial score (nSPS) is 24.4. The summed E-state index contributed by atoms with van der Waals surface area (Å²) >= 11 is 0. The van der Waals surface area contributed by atoms with Crippen LogP contribution in [-0.4, -0.2) is 65.9 Å². The molecule has 0 radical (unpaired) electrons.